The van der Waals surface area contributed by atoms with Crippen LogP contribution in [0.3, 0.4) is 0 Å². The minimum atomic E-state index is -0.409. The molecule has 3 rings (SSSR count). The summed E-state index contributed by atoms with van der Waals surface area (Å²) in [5.41, 5.74) is 1.26. The van der Waals surface area contributed by atoms with Crippen molar-refractivity contribution in [3.05, 3.63) is 53.6 Å². The molecule has 0 radical (unpaired) electrons. The second-order valence-corrected chi connectivity index (χ2v) is 5.46. The monoisotopic (exact) mass is 355 g/mol. The molecule has 1 aliphatic heterocycles. The predicted molar refractivity (Wildman–Crippen MR) is 93.4 cm³/mol. The average Bonchev–Trinajstić information content (AvgIpc) is 3.13. The minimum absolute atomic E-state index is 0.123. The van der Waals surface area contributed by atoms with Crippen LogP contribution in [0.1, 0.15) is 20.7 Å². The number of rotatable bonds is 5. The van der Waals surface area contributed by atoms with Gasteiger partial charge in [0.2, 0.25) is 12.7 Å². The normalized spacial score (nSPS) is 11.6. The lowest BCUT2D eigenvalue weighted by molar-refractivity contribution is -0.115. The van der Waals surface area contributed by atoms with E-state index in [-0.39, 0.29) is 19.2 Å². The smallest absolute Gasteiger partial charge is 0.251 e. The molecule has 134 valence electrons. The van der Waals surface area contributed by atoms with E-state index in [0.717, 1.165) is 0 Å². The van der Waals surface area contributed by atoms with Crippen molar-refractivity contribution in [2.24, 2.45) is 0 Å². The summed E-state index contributed by atoms with van der Waals surface area (Å²) in [7, 11) is 1.53. The van der Waals surface area contributed by atoms with Gasteiger partial charge in [0.1, 0.15) is 0 Å². The molecule has 0 spiro atoms. The Labute approximate surface area is 149 Å². The van der Waals surface area contributed by atoms with Gasteiger partial charge in [-0.05, 0) is 36.4 Å². The molecule has 3 N–H and O–H groups in total. The number of fused-ring (bicyclic) bond motifs is 1. The van der Waals surface area contributed by atoms with Gasteiger partial charge < -0.3 is 25.4 Å². The number of hydrogen-bond donors (Lipinski definition) is 3. The highest BCUT2D eigenvalue weighted by atomic mass is 16.7. The van der Waals surface area contributed by atoms with E-state index < -0.39 is 11.8 Å². The van der Waals surface area contributed by atoms with Crippen LogP contribution in [0.5, 0.6) is 11.5 Å². The molecule has 0 unspecified atom stereocenters. The van der Waals surface area contributed by atoms with E-state index in [0.29, 0.717) is 28.3 Å². The van der Waals surface area contributed by atoms with Gasteiger partial charge in [-0.3, -0.25) is 14.4 Å². The zero-order chi connectivity index (χ0) is 18.5. The topological polar surface area (TPSA) is 106 Å². The summed E-state index contributed by atoms with van der Waals surface area (Å²) in [4.78, 5) is 35.8. The highest BCUT2D eigenvalue weighted by Crippen LogP contribution is 2.32. The molecule has 2 aromatic carbocycles. The molecule has 0 bridgehead atoms. The van der Waals surface area contributed by atoms with Crippen molar-refractivity contribution in [3.63, 3.8) is 0 Å². The maximum Gasteiger partial charge on any atom is 0.251 e. The SMILES string of the molecule is CNC(=O)c1cccc(NC(=O)CNC(=O)c2ccc3c(c2)OCO3)c1. The maximum atomic E-state index is 12.1. The van der Waals surface area contributed by atoms with Crippen LogP contribution in [-0.2, 0) is 4.79 Å². The molecule has 8 nitrogen and oxygen atoms in total. The standard InChI is InChI=1S/C18H17N3O5/c1-19-17(23)11-3-2-4-13(7-11)21-16(22)9-20-18(24)12-5-6-14-15(8-12)26-10-25-14/h2-8H,9-10H2,1H3,(H,19,23)(H,20,24)(H,21,22). The number of nitrogens with one attached hydrogen (secondary N) is 3. The lowest BCUT2D eigenvalue weighted by Gasteiger charge is -2.08. The molecule has 2 aromatic rings. The Kier molecular flexibility index (Phi) is 5.02. The molecular formula is C18H17N3O5. The number of amides is 3. The van der Waals surface area contributed by atoms with Crippen molar-refractivity contribution in [3.8, 4) is 11.5 Å². The number of benzene rings is 2. The van der Waals surface area contributed by atoms with E-state index in [1.54, 1.807) is 42.5 Å². The van der Waals surface area contributed by atoms with Crippen molar-refractivity contribution in [1.29, 1.82) is 0 Å². The summed E-state index contributed by atoms with van der Waals surface area (Å²) < 4.78 is 10.4. The van der Waals surface area contributed by atoms with Gasteiger partial charge in [0.15, 0.2) is 11.5 Å². The number of ether oxygens (including phenoxy) is 2. The molecule has 8 heteroatoms. The second-order valence-electron chi connectivity index (χ2n) is 5.46. The fourth-order valence-corrected chi connectivity index (χ4v) is 2.39. The Balaban J connectivity index is 1.55. The summed E-state index contributed by atoms with van der Waals surface area (Å²) >= 11 is 0. The largest absolute Gasteiger partial charge is 0.454 e. The molecular weight excluding hydrogens is 338 g/mol. The molecule has 3 amide bonds. The van der Waals surface area contributed by atoms with Gasteiger partial charge in [0, 0.05) is 23.9 Å². The van der Waals surface area contributed by atoms with Crippen molar-refractivity contribution in [2.75, 3.05) is 25.7 Å². The summed E-state index contributed by atoms with van der Waals surface area (Å²) in [6.45, 7) is -0.0879. The van der Waals surface area contributed by atoms with Crippen LogP contribution in [0.4, 0.5) is 5.69 Å². The first-order valence-corrected chi connectivity index (χ1v) is 7.86. The van der Waals surface area contributed by atoms with Crippen LogP contribution in [-0.4, -0.2) is 38.1 Å². The Morgan fingerprint density at radius 3 is 2.54 bits per heavy atom. The zero-order valence-corrected chi connectivity index (χ0v) is 14.0. The quantitative estimate of drug-likeness (QED) is 0.746. The number of anilines is 1. The third kappa shape index (κ3) is 3.92. The highest BCUT2D eigenvalue weighted by Gasteiger charge is 2.16. The molecule has 0 saturated heterocycles. The molecule has 0 aliphatic carbocycles. The summed E-state index contributed by atoms with van der Waals surface area (Å²) in [5, 5.41) is 7.67. The third-order valence-corrected chi connectivity index (χ3v) is 3.68. The summed E-state index contributed by atoms with van der Waals surface area (Å²) in [6, 6.07) is 11.3. The first-order valence-electron chi connectivity index (χ1n) is 7.86. The van der Waals surface area contributed by atoms with E-state index in [1.807, 2.05) is 0 Å². The molecule has 0 saturated carbocycles. The fourth-order valence-electron chi connectivity index (χ4n) is 2.39. The van der Waals surface area contributed by atoms with Gasteiger partial charge >= 0.3 is 0 Å². The van der Waals surface area contributed by atoms with Crippen molar-refractivity contribution >= 4 is 23.4 Å². The van der Waals surface area contributed by atoms with Gasteiger partial charge in [0.05, 0.1) is 6.54 Å². The average molecular weight is 355 g/mol. The van der Waals surface area contributed by atoms with Crippen LogP contribution >= 0.6 is 0 Å². The first kappa shape index (κ1) is 17.3. The number of hydrogen-bond acceptors (Lipinski definition) is 5. The lowest BCUT2D eigenvalue weighted by atomic mass is 10.2. The van der Waals surface area contributed by atoms with E-state index in [4.69, 9.17) is 9.47 Å². The van der Waals surface area contributed by atoms with Crippen molar-refractivity contribution < 1.29 is 23.9 Å². The predicted octanol–water partition coefficient (Wildman–Crippen LogP) is 1.14. The fraction of sp³-hybridized carbons (Fsp3) is 0.167. The van der Waals surface area contributed by atoms with E-state index in [9.17, 15) is 14.4 Å². The zero-order valence-electron chi connectivity index (χ0n) is 14.0. The molecule has 26 heavy (non-hydrogen) atoms. The van der Waals surface area contributed by atoms with E-state index in [2.05, 4.69) is 16.0 Å². The van der Waals surface area contributed by atoms with Crippen LogP contribution in [0.25, 0.3) is 0 Å². The molecule has 0 atom stereocenters. The molecule has 0 aromatic heterocycles. The maximum absolute atomic E-state index is 12.1. The van der Waals surface area contributed by atoms with Crippen molar-refractivity contribution in [2.45, 2.75) is 0 Å². The first-order chi connectivity index (χ1) is 12.6. The van der Waals surface area contributed by atoms with Crippen LogP contribution < -0.4 is 25.4 Å². The number of carbonyl (C=O) groups is 3. The van der Waals surface area contributed by atoms with Gasteiger partial charge in [-0.15, -0.1) is 0 Å². The summed E-state index contributed by atoms with van der Waals surface area (Å²) in [6.07, 6.45) is 0. The summed E-state index contributed by atoms with van der Waals surface area (Å²) in [5.74, 6) is 0.00586. The highest BCUT2D eigenvalue weighted by molar-refractivity contribution is 6.00. The second kappa shape index (κ2) is 7.56. The molecule has 1 aliphatic rings. The van der Waals surface area contributed by atoms with Crippen molar-refractivity contribution in [1.82, 2.24) is 10.6 Å². The van der Waals surface area contributed by atoms with Gasteiger partial charge in [-0.2, -0.15) is 0 Å². The molecule has 1 heterocycles. The van der Waals surface area contributed by atoms with Crippen LogP contribution in [0.15, 0.2) is 42.5 Å². The van der Waals surface area contributed by atoms with Crippen LogP contribution in [0.2, 0.25) is 0 Å². The van der Waals surface area contributed by atoms with Crippen LogP contribution in [0, 0.1) is 0 Å². The van der Waals surface area contributed by atoms with E-state index >= 15 is 0 Å². The molecule has 0 fully saturated rings. The Hall–Kier alpha value is -3.55. The lowest BCUT2D eigenvalue weighted by Crippen LogP contribution is -2.32. The third-order valence-electron chi connectivity index (χ3n) is 3.68. The van der Waals surface area contributed by atoms with Gasteiger partial charge in [-0.25, -0.2) is 0 Å². The Morgan fingerprint density at radius 1 is 0.962 bits per heavy atom. The van der Waals surface area contributed by atoms with Gasteiger partial charge in [-0.1, -0.05) is 6.07 Å². The minimum Gasteiger partial charge on any atom is -0.454 e. The van der Waals surface area contributed by atoms with E-state index in [1.165, 1.54) is 7.05 Å². The Bertz CT molecular complexity index is 866. The van der Waals surface area contributed by atoms with Gasteiger partial charge in [0.25, 0.3) is 11.8 Å². The Morgan fingerprint density at radius 2 is 1.73 bits per heavy atom. The number of carbonyl (C=O) groups excluding carboxylic acids is 3.